The van der Waals surface area contributed by atoms with E-state index in [0.717, 1.165) is 23.0 Å². The Morgan fingerprint density at radius 3 is 2.58 bits per heavy atom. The molecule has 1 N–H and O–H groups in total. The molecule has 0 aliphatic heterocycles. The van der Waals surface area contributed by atoms with Crippen LogP contribution >= 0.6 is 0 Å². The number of nitrogens with one attached hydrogen (secondary N) is 1. The predicted octanol–water partition coefficient (Wildman–Crippen LogP) is 1.68. The van der Waals surface area contributed by atoms with E-state index in [1.807, 2.05) is 30.3 Å². The Hall–Kier alpha value is -3.16. The summed E-state index contributed by atoms with van der Waals surface area (Å²) in [4.78, 5) is 29.2. The predicted molar refractivity (Wildman–Crippen MR) is 103 cm³/mol. The molecule has 0 amide bonds. The molecule has 0 radical (unpaired) electrons. The number of aromatic nitrogens is 4. The van der Waals surface area contributed by atoms with Crippen LogP contribution in [0.15, 0.2) is 45.0 Å². The van der Waals surface area contributed by atoms with Crippen molar-refractivity contribution in [2.75, 3.05) is 5.43 Å². The first kappa shape index (κ1) is 17.7. The van der Waals surface area contributed by atoms with E-state index in [0.29, 0.717) is 23.7 Å². The second kappa shape index (κ2) is 7.38. The van der Waals surface area contributed by atoms with Crippen LogP contribution in [0.4, 0.5) is 5.95 Å². The average molecular weight is 354 g/mol. The molecule has 0 atom stereocenters. The molecule has 0 unspecified atom stereocenters. The fourth-order valence-corrected chi connectivity index (χ4v) is 2.77. The number of unbranched alkanes of at least 4 members (excludes halogenated alkanes) is 1. The van der Waals surface area contributed by atoms with Crippen LogP contribution in [0.3, 0.4) is 0 Å². The number of benzene rings is 1. The standard InChI is InChI=1S/C18H22N6O2/c1-4-5-11-24-14-15(22(2)18(26)23(3)16(14)25)20-17(24)21-19-12-13-9-7-6-8-10-13/h6-10,12H,4-5,11H2,1-3H3,(H,20,21)/b19-12-. The topological polar surface area (TPSA) is 86.2 Å². The first-order valence-corrected chi connectivity index (χ1v) is 8.55. The third-order valence-corrected chi connectivity index (χ3v) is 4.26. The number of fused-ring (bicyclic) bond motifs is 1. The van der Waals surface area contributed by atoms with Gasteiger partial charge in [-0.05, 0) is 12.0 Å². The second-order valence-electron chi connectivity index (χ2n) is 6.10. The van der Waals surface area contributed by atoms with Gasteiger partial charge in [0.2, 0.25) is 5.95 Å². The van der Waals surface area contributed by atoms with E-state index < -0.39 is 5.69 Å². The molecule has 2 heterocycles. The van der Waals surface area contributed by atoms with Gasteiger partial charge >= 0.3 is 5.69 Å². The number of imidazole rings is 1. The van der Waals surface area contributed by atoms with Gasteiger partial charge in [0.25, 0.3) is 5.56 Å². The van der Waals surface area contributed by atoms with Crippen LogP contribution in [0, 0.1) is 0 Å². The van der Waals surface area contributed by atoms with Crippen molar-refractivity contribution >= 4 is 23.3 Å². The van der Waals surface area contributed by atoms with Gasteiger partial charge in [-0.1, -0.05) is 43.7 Å². The molecule has 26 heavy (non-hydrogen) atoms. The van der Waals surface area contributed by atoms with Crippen molar-refractivity contribution in [3.63, 3.8) is 0 Å². The molecule has 1 aromatic carbocycles. The normalized spacial score (nSPS) is 11.5. The summed E-state index contributed by atoms with van der Waals surface area (Å²) in [7, 11) is 3.08. The van der Waals surface area contributed by atoms with Gasteiger partial charge in [0, 0.05) is 20.6 Å². The van der Waals surface area contributed by atoms with Crippen molar-refractivity contribution in [3.05, 3.63) is 56.7 Å². The van der Waals surface area contributed by atoms with Gasteiger partial charge in [0.1, 0.15) is 0 Å². The lowest BCUT2D eigenvalue weighted by Gasteiger charge is -2.08. The molecule has 0 bridgehead atoms. The van der Waals surface area contributed by atoms with E-state index in [9.17, 15) is 9.59 Å². The average Bonchev–Trinajstić information content (AvgIpc) is 3.02. The van der Waals surface area contributed by atoms with Gasteiger partial charge in [-0.25, -0.2) is 10.2 Å². The Kier molecular flexibility index (Phi) is 5.01. The number of hydrogen-bond donors (Lipinski definition) is 1. The highest BCUT2D eigenvalue weighted by Crippen LogP contribution is 2.16. The minimum absolute atomic E-state index is 0.353. The van der Waals surface area contributed by atoms with Crippen molar-refractivity contribution in [1.82, 2.24) is 18.7 Å². The molecule has 0 saturated heterocycles. The molecule has 2 aromatic heterocycles. The van der Waals surface area contributed by atoms with Gasteiger partial charge in [-0.15, -0.1) is 0 Å². The Morgan fingerprint density at radius 1 is 1.15 bits per heavy atom. The van der Waals surface area contributed by atoms with Crippen molar-refractivity contribution in [2.24, 2.45) is 19.2 Å². The number of rotatable bonds is 6. The summed E-state index contributed by atoms with van der Waals surface area (Å²) in [5.41, 5.74) is 3.86. The molecule has 0 saturated carbocycles. The van der Waals surface area contributed by atoms with Gasteiger partial charge in [0.05, 0.1) is 6.21 Å². The fourth-order valence-electron chi connectivity index (χ4n) is 2.77. The Morgan fingerprint density at radius 2 is 1.88 bits per heavy atom. The van der Waals surface area contributed by atoms with E-state index in [1.165, 1.54) is 11.6 Å². The van der Waals surface area contributed by atoms with Crippen molar-refractivity contribution in [3.8, 4) is 0 Å². The second-order valence-corrected chi connectivity index (χ2v) is 6.10. The molecule has 8 nitrogen and oxygen atoms in total. The maximum atomic E-state index is 12.6. The summed E-state index contributed by atoms with van der Waals surface area (Å²) >= 11 is 0. The van der Waals surface area contributed by atoms with Crippen LogP contribution in [0.5, 0.6) is 0 Å². The van der Waals surface area contributed by atoms with Crippen molar-refractivity contribution in [1.29, 1.82) is 0 Å². The Balaban J connectivity index is 2.08. The lowest BCUT2D eigenvalue weighted by Crippen LogP contribution is -2.37. The highest BCUT2D eigenvalue weighted by Gasteiger charge is 2.18. The number of nitrogens with zero attached hydrogens (tertiary/aromatic N) is 5. The van der Waals surface area contributed by atoms with E-state index >= 15 is 0 Å². The molecular weight excluding hydrogens is 332 g/mol. The third kappa shape index (κ3) is 3.17. The summed E-state index contributed by atoms with van der Waals surface area (Å²) in [6, 6.07) is 9.66. The molecule has 3 aromatic rings. The summed E-state index contributed by atoms with van der Waals surface area (Å²) in [6.07, 6.45) is 3.54. The molecular formula is C18H22N6O2. The smallest absolute Gasteiger partial charge is 0.303 e. The highest BCUT2D eigenvalue weighted by molar-refractivity contribution is 5.80. The fraction of sp³-hybridized carbons (Fsp3) is 0.333. The summed E-state index contributed by atoms with van der Waals surface area (Å²) in [5, 5.41) is 4.23. The zero-order valence-corrected chi connectivity index (χ0v) is 15.1. The zero-order valence-electron chi connectivity index (χ0n) is 15.1. The molecule has 0 fully saturated rings. The van der Waals surface area contributed by atoms with Crippen molar-refractivity contribution in [2.45, 2.75) is 26.3 Å². The van der Waals surface area contributed by atoms with Gasteiger partial charge in [-0.2, -0.15) is 10.1 Å². The van der Waals surface area contributed by atoms with E-state index in [2.05, 4.69) is 22.4 Å². The lowest BCUT2D eigenvalue weighted by molar-refractivity contribution is 0.641. The van der Waals surface area contributed by atoms with Gasteiger partial charge < -0.3 is 4.57 Å². The molecule has 136 valence electrons. The summed E-state index contributed by atoms with van der Waals surface area (Å²) in [5.74, 6) is 0.443. The lowest BCUT2D eigenvalue weighted by atomic mass is 10.2. The number of aryl methyl sites for hydroxylation is 2. The van der Waals surface area contributed by atoms with Crippen LogP contribution < -0.4 is 16.7 Å². The Bertz CT molecular complexity index is 1060. The molecule has 0 aliphatic carbocycles. The van der Waals surface area contributed by atoms with Crippen molar-refractivity contribution < 1.29 is 0 Å². The largest absolute Gasteiger partial charge is 0.332 e. The number of anilines is 1. The van der Waals surface area contributed by atoms with Crippen LogP contribution in [0.1, 0.15) is 25.3 Å². The maximum Gasteiger partial charge on any atom is 0.332 e. The SMILES string of the molecule is CCCCn1c(N/N=C\c2ccccc2)nc2c1c(=O)n(C)c(=O)n2C. The number of hydrogen-bond acceptors (Lipinski definition) is 5. The van der Waals surface area contributed by atoms with E-state index in [4.69, 9.17) is 0 Å². The van der Waals surface area contributed by atoms with Gasteiger partial charge in [0.15, 0.2) is 11.2 Å². The minimum Gasteiger partial charge on any atom is -0.303 e. The zero-order chi connectivity index (χ0) is 18.7. The van der Waals surface area contributed by atoms with E-state index in [-0.39, 0.29) is 5.56 Å². The molecule has 8 heteroatoms. The highest BCUT2D eigenvalue weighted by atomic mass is 16.2. The van der Waals surface area contributed by atoms with Crippen LogP contribution in [0.25, 0.3) is 11.2 Å². The van der Waals surface area contributed by atoms with E-state index in [1.54, 1.807) is 17.8 Å². The number of hydrazone groups is 1. The summed E-state index contributed by atoms with van der Waals surface area (Å²) < 4.78 is 4.28. The molecule has 0 aliphatic rings. The maximum absolute atomic E-state index is 12.6. The first-order chi connectivity index (χ1) is 12.5. The molecule has 0 spiro atoms. The minimum atomic E-state index is -0.401. The third-order valence-electron chi connectivity index (χ3n) is 4.26. The molecule has 3 rings (SSSR count). The van der Waals surface area contributed by atoms with Crippen LogP contribution in [0.2, 0.25) is 0 Å². The van der Waals surface area contributed by atoms with Gasteiger partial charge in [-0.3, -0.25) is 13.9 Å². The first-order valence-electron chi connectivity index (χ1n) is 8.55. The monoisotopic (exact) mass is 354 g/mol. The summed E-state index contributed by atoms with van der Waals surface area (Å²) in [6.45, 7) is 2.69. The van der Waals surface area contributed by atoms with Crippen LogP contribution in [-0.2, 0) is 20.6 Å². The van der Waals surface area contributed by atoms with Crippen LogP contribution in [-0.4, -0.2) is 24.9 Å². The quantitative estimate of drug-likeness (QED) is 0.539. The Labute approximate surface area is 150 Å².